The van der Waals surface area contributed by atoms with E-state index in [2.05, 4.69) is 39.3 Å². The van der Waals surface area contributed by atoms with Crippen LogP contribution in [0.15, 0.2) is 29.4 Å². The number of benzene rings is 1. The molecule has 0 bridgehead atoms. The normalized spacial score (nSPS) is 28.2. The van der Waals surface area contributed by atoms with E-state index in [0.717, 1.165) is 44.7 Å². The van der Waals surface area contributed by atoms with Crippen LogP contribution in [0.1, 0.15) is 63.4 Å². The summed E-state index contributed by atoms with van der Waals surface area (Å²) in [6.45, 7) is 6.59. The molecule has 1 aliphatic carbocycles. The Balaban J connectivity index is 1.03. The van der Waals surface area contributed by atoms with E-state index in [4.69, 9.17) is 4.74 Å². The summed E-state index contributed by atoms with van der Waals surface area (Å²) in [7, 11) is 0. The van der Waals surface area contributed by atoms with Gasteiger partial charge in [0.1, 0.15) is 0 Å². The van der Waals surface area contributed by atoms with Crippen LogP contribution in [0.5, 0.6) is 0 Å². The van der Waals surface area contributed by atoms with Crippen molar-refractivity contribution < 1.29 is 14.6 Å². The second-order valence-electron chi connectivity index (χ2n) is 11.8. The number of hydrogen-bond acceptors (Lipinski definition) is 6. The molecule has 35 heavy (non-hydrogen) atoms. The van der Waals surface area contributed by atoms with Crippen LogP contribution in [0.3, 0.4) is 0 Å². The Hall–Kier alpha value is -1.96. The number of hydrogen-bond donors (Lipinski definition) is 1. The molecule has 1 N–H and O–H groups in total. The minimum atomic E-state index is -0.716. The molecule has 1 atom stereocenters. The molecule has 5 aliphatic rings. The lowest BCUT2D eigenvalue weighted by atomic mass is 9.80. The highest BCUT2D eigenvalue weighted by molar-refractivity contribution is 5.81. The molecule has 1 amide bonds. The third-order valence-corrected chi connectivity index (χ3v) is 9.16. The quantitative estimate of drug-likeness (QED) is 0.676. The monoisotopic (exact) mass is 480 g/mol. The molecule has 4 fully saturated rings. The van der Waals surface area contributed by atoms with Gasteiger partial charge in [-0.15, -0.1) is 0 Å². The van der Waals surface area contributed by atoms with Crippen LogP contribution < -0.4 is 5.01 Å². The van der Waals surface area contributed by atoms with Gasteiger partial charge in [0, 0.05) is 57.9 Å². The molecule has 4 aliphatic heterocycles. The predicted molar refractivity (Wildman–Crippen MR) is 136 cm³/mol. The maximum atomic E-state index is 12.4. The zero-order valence-electron chi connectivity index (χ0n) is 20.9. The van der Waals surface area contributed by atoms with E-state index in [1.165, 1.54) is 37.9 Å². The lowest BCUT2D eigenvalue weighted by Gasteiger charge is -2.40. The molecule has 1 aromatic rings. The molecule has 190 valence electrons. The van der Waals surface area contributed by atoms with E-state index in [-0.39, 0.29) is 12.0 Å². The number of carbonyl (C=O) groups is 1. The van der Waals surface area contributed by atoms with Crippen molar-refractivity contribution in [2.24, 2.45) is 16.4 Å². The molecule has 1 spiro atoms. The molecular formula is C28H40N4O3. The van der Waals surface area contributed by atoms with Gasteiger partial charge < -0.3 is 14.7 Å². The minimum absolute atomic E-state index is 0.170. The summed E-state index contributed by atoms with van der Waals surface area (Å²) in [6.07, 6.45) is 10.7. The predicted octanol–water partition coefficient (Wildman–Crippen LogP) is 3.41. The Morgan fingerprint density at radius 3 is 2.49 bits per heavy atom. The van der Waals surface area contributed by atoms with Gasteiger partial charge in [-0.05, 0) is 81.0 Å². The first-order chi connectivity index (χ1) is 17.0. The highest BCUT2D eigenvalue weighted by atomic mass is 16.5. The fourth-order valence-corrected chi connectivity index (χ4v) is 6.66. The van der Waals surface area contributed by atoms with Crippen molar-refractivity contribution in [3.8, 4) is 0 Å². The van der Waals surface area contributed by atoms with Gasteiger partial charge in [0.25, 0.3) is 0 Å². The highest BCUT2D eigenvalue weighted by Crippen LogP contribution is 2.40. The Kier molecular flexibility index (Phi) is 6.35. The van der Waals surface area contributed by atoms with Crippen molar-refractivity contribution in [1.29, 1.82) is 0 Å². The number of anilines is 1. The van der Waals surface area contributed by atoms with E-state index >= 15 is 0 Å². The van der Waals surface area contributed by atoms with E-state index in [0.29, 0.717) is 43.7 Å². The van der Waals surface area contributed by atoms with Gasteiger partial charge in [0.05, 0.1) is 17.3 Å². The Morgan fingerprint density at radius 2 is 1.77 bits per heavy atom. The SMILES string of the molecule is O=C(C1CC1)N1CCC(O)(CC2CC=NN2c2ccc(CN3CCC4(CCOCC4)C3)cc2)CC1. The number of aliphatic hydroxyl groups is 1. The Morgan fingerprint density at radius 1 is 1.03 bits per heavy atom. The number of hydrazone groups is 1. The topological polar surface area (TPSA) is 68.6 Å². The molecule has 4 heterocycles. The molecule has 0 radical (unpaired) electrons. The Bertz CT molecular complexity index is 930. The molecule has 1 unspecified atom stereocenters. The van der Waals surface area contributed by atoms with Gasteiger partial charge >= 0.3 is 0 Å². The first-order valence-electron chi connectivity index (χ1n) is 13.7. The summed E-state index contributed by atoms with van der Waals surface area (Å²) >= 11 is 0. The molecule has 7 nitrogen and oxygen atoms in total. The van der Waals surface area contributed by atoms with E-state index in [1.54, 1.807) is 0 Å². The third-order valence-electron chi connectivity index (χ3n) is 9.16. The second-order valence-corrected chi connectivity index (χ2v) is 11.8. The van der Waals surface area contributed by atoms with E-state index in [1.807, 2.05) is 11.1 Å². The van der Waals surface area contributed by atoms with Gasteiger partial charge in [-0.25, -0.2) is 0 Å². The fraction of sp³-hybridized carbons (Fsp3) is 0.714. The number of likely N-dealkylation sites (tertiary alicyclic amines) is 2. The van der Waals surface area contributed by atoms with Crippen molar-refractivity contribution in [2.75, 3.05) is 44.4 Å². The van der Waals surface area contributed by atoms with E-state index < -0.39 is 5.60 Å². The average Bonchev–Trinajstić information content (AvgIpc) is 3.52. The number of nitrogens with zero attached hydrogens (tertiary/aromatic N) is 4. The number of amides is 1. The first-order valence-corrected chi connectivity index (χ1v) is 13.7. The third kappa shape index (κ3) is 5.13. The van der Waals surface area contributed by atoms with Gasteiger partial charge in [-0.1, -0.05) is 12.1 Å². The van der Waals surface area contributed by atoms with Crippen LogP contribution in [-0.4, -0.2) is 78.1 Å². The number of piperidine rings is 1. The molecule has 0 aromatic heterocycles. The van der Waals surface area contributed by atoms with Crippen LogP contribution in [0, 0.1) is 11.3 Å². The van der Waals surface area contributed by atoms with Crippen molar-refractivity contribution >= 4 is 17.8 Å². The summed E-state index contributed by atoms with van der Waals surface area (Å²) in [5, 5.41) is 18.1. The average molecular weight is 481 g/mol. The van der Waals surface area contributed by atoms with Crippen molar-refractivity contribution in [1.82, 2.24) is 9.80 Å². The van der Waals surface area contributed by atoms with Crippen LogP contribution in [0.4, 0.5) is 5.69 Å². The van der Waals surface area contributed by atoms with Gasteiger partial charge in [-0.3, -0.25) is 14.7 Å². The standard InChI is InChI=1S/C28H40N4O3/c33-26(23-3-4-23)31-15-9-28(34,10-16-31)19-25-7-13-29-32(25)24-5-1-22(2-6-24)20-30-14-8-27(21-30)11-17-35-18-12-27/h1-2,5-6,13,23,25,34H,3-4,7-12,14-21H2. The molecule has 6 rings (SSSR count). The largest absolute Gasteiger partial charge is 0.390 e. The van der Waals surface area contributed by atoms with E-state index in [9.17, 15) is 9.90 Å². The molecule has 3 saturated heterocycles. The Labute approximate surface area is 209 Å². The van der Waals surface area contributed by atoms with Gasteiger partial charge in [0.2, 0.25) is 5.91 Å². The maximum Gasteiger partial charge on any atom is 0.225 e. The summed E-state index contributed by atoms with van der Waals surface area (Å²) in [5.74, 6) is 0.561. The molecule has 7 heteroatoms. The van der Waals surface area contributed by atoms with Gasteiger partial charge in [-0.2, -0.15) is 5.10 Å². The number of ether oxygens (including phenoxy) is 1. The number of carbonyl (C=O) groups excluding carboxylic acids is 1. The lowest BCUT2D eigenvalue weighted by Crippen LogP contribution is -2.49. The lowest BCUT2D eigenvalue weighted by molar-refractivity contribution is -0.137. The zero-order chi connectivity index (χ0) is 23.9. The second kappa shape index (κ2) is 9.49. The minimum Gasteiger partial charge on any atom is -0.390 e. The zero-order valence-corrected chi connectivity index (χ0v) is 20.9. The van der Waals surface area contributed by atoms with Crippen molar-refractivity contribution in [3.05, 3.63) is 29.8 Å². The molecular weight excluding hydrogens is 440 g/mol. The fourth-order valence-electron chi connectivity index (χ4n) is 6.66. The molecule has 1 aromatic carbocycles. The number of rotatable bonds is 6. The van der Waals surface area contributed by atoms with Crippen LogP contribution in [0.25, 0.3) is 0 Å². The summed E-state index contributed by atoms with van der Waals surface area (Å²) < 4.78 is 5.59. The first kappa shape index (κ1) is 23.4. The van der Waals surface area contributed by atoms with Crippen LogP contribution in [0.2, 0.25) is 0 Å². The van der Waals surface area contributed by atoms with Gasteiger partial charge in [0.15, 0.2) is 0 Å². The highest BCUT2D eigenvalue weighted by Gasteiger charge is 2.41. The van der Waals surface area contributed by atoms with Crippen molar-refractivity contribution in [3.63, 3.8) is 0 Å². The smallest absolute Gasteiger partial charge is 0.225 e. The van der Waals surface area contributed by atoms with Crippen LogP contribution in [-0.2, 0) is 16.1 Å². The summed E-state index contributed by atoms with van der Waals surface area (Å²) in [4.78, 5) is 17.0. The van der Waals surface area contributed by atoms with Crippen molar-refractivity contribution in [2.45, 2.75) is 76.0 Å². The molecule has 1 saturated carbocycles. The summed E-state index contributed by atoms with van der Waals surface area (Å²) in [6, 6.07) is 9.03. The maximum absolute atomic E-state index is 12.4. The summed E-state index contributed by atoms with van der Waals surface area (Å²) in [5.41, 5.74) is 2.22. The van der Waals surface area contributed by atoms with Crippen LogP contribution >= 0.6 is 0 Å².